The van der Waals surface area contributed by atoms with Crippen LogP contribution in [0.2, 0.25) is 0 Å². The van der Waals surface area contributed by atoms with Crippen molar-refractivity contribution in [1.29, 1.82) is 0 Å². The summed E-state index contributed by atoms with van der Waals surface area (Å²) in [6.07, 6.45) is 1.64. The van der Waals surface area contributed by atoms with E-state index in [1.807, 2.05) is 24.3 Å². The molecule has 28 heavy (non-hydrogen) atoms. The van der Waals surface area contributed by atoms with E-state index in [1.54, 1.807) is 19.2 Å². The SMILES string of the molecule is CCOC(=O)[C@H](CS)NC(=O)c1ccn(COc2ccc(C(C)(C)C)cc2)n1. The molecule has 0 saturated carbocycles. The highest BCUT2D eigenvalue weighted by atomic mass is 32.1. The predicted molar refractivity (Wildman–Crippen MR) is 110 cm³/mol. The van der Waals surface area contributed by atoms with Gasteiger partial charge in [0.05, 0.1) is 6.61 Å². The molecule has 2 rings (SSSR count). The highest BCUT2D eigenvalue weighted by molar-refractivity contribution is 7.80. The Hall–Kier alpha value is -2.48. The molecule has 8 heteroatoms. The first-order chi connectivity index (χ1) is 13.2. The average Bonchev–Trinajstić information content (AvgIpc) is 3.13. The van der Waals surface area contributed by atoms with Crippen LogP contribution in [-0.2, 0) is 21.7 Å². The molecule has 0 unspecified atom stereocenters. The molecule has 1 atom stereocenters. The molecule has 0 saturated heterocycles. The summed E-state index contributed by atoms with van der Waals surface area (Å²) in [5, 5.41) is 6.75. The van der Waals surface area contributed by atoms with Crippen molar-refractivity contribution in [1.82, 2.24) is 15.1 Å². The molecule has 0 radical (unpaired) electrons. The Morgan fingerprint density at radius 1 is 1.21 bits per heavy atom. The molecule has 0 bridgehead atoms. The fourth-order valence-electron chi connectivity index (χ4n) is 2.40. The number of aromatic nitrogens is 2. The molecule has 0 fully saturated rings. The number of ether oxygens (including phenoxy) is 2. The van der Waals surface area contributed by atoms with Gasteiger partial charge in [0.1, 0.15) is 17.5 Å². The van der Waals surface area contributed by atoms with Crippen LogP contribution in [-0.4, -0.2) is 40.1 Å². The van der Waals surface area contributed by atoms with Gasteiger partial charge in [-0.2, -0.15) is 17.7 Å². The molecule has 2 aromatic rings. The highest BCUT2D eigenvalue weighted by Gasteiger charge is 2.22. The molecule has 1 aromatic heterocycles. The van der Waals surface area contributed by atoms with E-state index in [9.17, 15) is 9.59 Å². The highest BCUT2D eigenvalue weighted by Crippen LogP contribution is 2.24. The van der Waals surface area contributed by atoms with Gasteiger partial charge in [-0.1, -0.05) is 32.9 Å². The van der Waals surface area contributed by atoms with Crippen LogP contribution in [0.15, 0.2) is 36.5 Å². The molecule has 7 nitrogen and oxygen atoms in total. The smallest absolute Gasteiger partial charge is 0.329 e. The Balaban J connectivity index is 1.92. The maximum Gasteiger partial charge on any atom is 0.329 e. The summed E-state index contributed by atoms with van der Waals surface area (Å²) in [6, 6.07) is 8.62. The Kier molecular flexibility index (Phi) is 7.51. The van der Waals surface area contributed by atoms with Gasteiger partial charge in [0.25, 0.3) is 5.91 Å². The van der Waals surface area contributed by atoms with Crippen molar-refractivity contribution < 1.29 is 19.1 Å². The van der Waals surface area contributed by atoms with Crippen molar-refractivity contribution in [3.05, 3.63) is 47.8 Å². The summed E-state index contributed by atoms with van der Waals surface area (Å²) in [5.41, 5.74) is 1.48. The van der Waals surface area contributed by atoms with Crippen molar-refractivity contribution in [2.45, 2.75) is 45.9 Å². The fourth-order valence-corrected chi connectivity index (χ4v) is 2.64. The molecule has 0 aliphatic rings. The molecule has 1 heterocycles. The second kappa shape index (κ2) is 9.64. The van der Waals surface area contributed by atoms with E-state index >= 15 is 0 Å². The first-order valence-corrected chi connectivity index (χ1v) is 9.73. The Morgan fingerprint density at radius 3 is 2.46 bits per heavy atom. The maximum absolute atomic E-state index is 12.3. The van der Waals surface area contributed by atoms with Gasteiger partial charge >= 0.3 is 5.97 Å². The van der Waals surface area contributed by atoms with E-state index in [0.29, 0.717) is 5.75 Å². The van der Waals surface area contributed by atoms with Crippen molar-refractivity contribution >= 4 is 24.5 Å². The number of esters is 1. The van der Waals surface area contributed by atoms with Crippen LogP contribution in [0.4, 0.5) is 0 Å². The number of rotatable bonds is 8. The minimum absolute atomic E-state index is 0.0806. The zero-order chi connectivity index (χ0) is 20.7. The molecular weight excluding hydrogens is 378 g/mol. The molecule has 0 aliphatic heterocycles. The van der Waals surface area contributed by atoms with Crippen LogP contribution in [0.1, 0.15) is 43.7 Å². The normalized spacial score (nSPS) is 12.3. The average molecular weight is 406 g/mol. The van der Waals surface area contributed by atoms with E-state index in [2.05, 4.69) is 43.8 Å². The molecule has 1 amide bonds. The van der Waals surface area contributed by atoms with E-state index in [-0.39, 0.29) is 30.2 Å². The summed E-state index contributed by atoms with van der Waals surface area (Å²) in [7, 11) is 0. The first-order valence-electron chi connectivity index (χ1n) is 9.09. The summed E-state index contributed by atoms with van der Waals surface area (Å²) in [6.45, 7) is 8.56. The minimum Gasteiger partial charge on any atom is -0.471 e. The van der Waals surface area contributed by atoms with Crippen LogP contribution in [0.5, 0.6) is 5.75 Å². The van der Waals surface area contributed by atoms with Gasteiger partial charge in [-0.25, -0.2) is 9.48 Å². The summed E-state index contributed by atoms with van der Waals surface area (Å²) in [4.78, 5) is 24.0. The Bertz CT molecular complexity index is 797. The zero-order valence-electron chi connectivity index (χ0n) is 16.6. The van der Waals surface area contributed by atoms with Gasteiger partial charge in [0, 0.05) is 11.9 Å². The second-order valence-corrected chi connectivity index (χ2v) is 7.61. The topological polar surface area (TPSA) is 82.5 Å². The number of amides is 1. The first kappa shape index (κ1) is 21.8. The lowest BCUT2D eigenvalue weighted by atomic mass is 9.87. The maximum atomic E-state index is 12.3. The summed E-state index contributed by atoms with van der Waals surface area (Å²) in [5.74, 6) is -0.140. The predicted octanol–water partition coefficient (Wildman–Crippen LogP) is 2.81. The van der Waals surface area contributed by atoms with Crippen molar-refractivity contribution in [3.8, 4) is 5.75 Å². The van der Waals surface area contributed by atoms with Crippen LogP contribution < -0.4 is 10.1 Å². The third-order valence-corrected chi connectivity index (χ3v) is 4.38. The van der Waals surface area contributed by atoms with Crippen molar-refractivity contribution in [3.63, 3.8) is 0 Å². The number of benzene rings is 1. The number of thiol groups is 1. The molecule has 152 valence electrons. The lowest BCUT2D eigenvalue weighted by Gasteiger charge is -2.19. The third kappa shape index (κ3) is 6.02. The largest absolute Gasteiger partial charge is 0.471 e. The second-order valence-electron chi connectivity index (χ2n) is 7.25. The third-order valence-electron chi connectivity index (χ3n) is 4.02. The zero-order valence-corrected chi connectivity index (χ0v) is 17.5. The van der Waals surface area contributed by atoms with Gasteiger partial charge in [-0.05, 0) is 36.1 Å². The van der Waals surface area contributed by atoms with E-state index in [4.69, 9.17) is 9.47 Å². The Morgan fingerprint density at radius 2 is 1.89 bits per heavy atom. The van der Waals surface area contributed by atoms with Crippen molar-refractivity contribution in [2.24, 2.45) is 0 Å². The molecule has 0 spiro atoms. The minimum atomic E-state index is -0.821. The van der Waals surface area contributed by atoms with Crippen LogP contribution in [0.3, 0.4) is 0 Å². The Labute approximate surface area is 170 Å². The number of carbonyl (C=O) groups is 2. The number of carbonyl (C=O) groups excluding carboxylic acids is 2. The molecule has 0 aliphatic carbocycles. The lowest BCUT2D eigenvalue weighted by Crippen LogP contribution is -2.43. The standard InChI is InChI=1S/C20H27N3O4S/c1-5-26-19(25)17(12-28)21-18(24)16-10-11-23(22-16)13-27-15-8-6-14(7-9-15)20(2,3)4/h6-11,17,28H,5,12-13H2,1-4H3,(H,21,24)/t17-/m0/s1. The van der Waals surface area contributed by atoms with Gasteiger partial charge in [-0.15, -0.1) is 0 Å². The van der Waals surface area contributed by atoms with Gasteiger partial charge in [-0.3, -0.25) is 4.79 Å². The number of hydrogen-bond donors (Lipinski definition) is 2. The molecule has 1 N–H and O–H groups in total. The van der Waals surface area contributed by atoms with Crippen LogP contribution >= 0.6 is 12.6 Å². The number of hydrogen-bond acceptors (Lipinski definition) is 6. The van der Waals surface area contributed by atoms with Gasteiger partial charge < -0.3 is 14.8 Å². The van der Waals surface area contributed by atoms with Gasteiger partial charge in [0.15, 0.2) is 6.73 Å². The molecule has 1 aromatic carbocycles. The quantitative estimate of drug-likeness (QED) is 0.521. The van der Waals surface area contributed by atoms with E-state index in [0.717, 1.165) is 0 Å². The summed E-state index contributed by atoms with van der Waals surface area (Å²) >= 11 is 4.08. The summed E-state index contributed by atoms with van der Waals surface area (Å²) < 4.78 is 12.1. The number of nitrogens with zero attached hydrogens (tertiary/aromatic N) is 2. The monoisotopic (exact) mass is 405 g/mol. The van der Waals surface area contributed by atoms with E-state index < -0.39 is 17.9 Å². The lowest BCUT2D eigenvalue weighted by molar-refractivity contribution is -0.144. The molecular formula is C20H27N3O4S. The van der Waals surface area contributed by atoms with E-state index in [1.165, 1.54) is 10.2 Å². The van der Waals surface area contributed by atoms with Crippen molar-refractivity contribution in [2.75, 3.05) is 12.4 Å². The van der Waals surface area contributed by atoms with Gasteiger partial charge in [0.2, 0.25) is 0 Å². The van der Waals surface area contributed by atoms with Crippen LogP contribution in [0, 0.1) is 0 Å². The number of nitrogens with one attached hydrogen (secondary N) is 1. The fraction of sp³-hybridized carbons (Fsp3) is 0.450. The van der Waals surface area contributed by atoms with Crippen LogP contribution in [0.25, 0.3) is 0 Å².